The molecule has 0 aliphatic rings. The van der Waals surface area contributed by atoms with Gasteiger partial charge in [0.1, 0.15) is 0 Å². The van der Waals surface area contributed by atoms with Crippen molar-refractivity contribution in [3.8, 4) is 0 Å². The van der Waals surface area contributed by atoms with Crippen LogP contribution in [0.3, 0.4) is 0 Å². The van der Waals surface area contributed by atoms with E-state index in [1.54, 1.807) is 18.2 Å². The number of benzene rings is 1. The van der Waals surface area contributed by atoms with Crippen LogP contribution in [0.2, 0.25) is 10.0 Å². The standard InChI is InChI=1S/C12H13Cl2N/c1-3-4-8(2)12(15)9-5-6-10(13)11(14)7-9/h5-7,15H,2-4H2,1H3. The van der Waals surface area contributed by atoms with Crippen molar-refractivity contribution in [1.29, 1.82) is 5.41 Å². The van der Waals surface area contributed by atoms with Gasteiger partial charge in [-0.2, -0.15) is 0 Å². The largest absolute Gasteiger partial charge is 0.300 e. The van der Waals surface area contributed by atoms with E-state index in [1.165, 1.54) is 0 Å². The van der Waals surface area contributed by atoms with Gasteiger partial charge < -0.3 is 5.41 Å². The Labute approximate surface area is 100 Å². The van der Waals surface area contributed by atoms with Crippen LogP contribution in [0.15, 0.2) is 30.4 Å². The van der Waals surface area contributed by atoms with Gasteiger partial charge in [0.05, 0.1) is 15.8 Å². The molecule has 0 unspecified atom stereocenters. The van der Waals surface area contributed by atoms with Crippen molar-refractivity contribution in [3.05, 3.63) is 46.0 Å². The SMILES string of the molecule is C=C(CCC)C(=N)c1ccc(Cl)c(Cl)c1. The smallest absolute Gasteiger partial charge is 0.0638 e. The van der Waals surface area contributed by atoms with E-state index in [4.69, 9.17) is 28.6 Å². The van der Waals surface area contributed by atoms with Crippen molar-refractivity contribution in [2.45, 2.75) is 19.8 Å². The van der Waals surface area contributed by atoms with Crippen molar-refractivity contribution in [3.63, 3.8) is 0 Å². The Bertz CT molecular complexity index is 397. The topological polar surface area (TPSA) is 23.9 Å². The minimum Gasteiger partial charge on any atom is -0.300 e. The summed E-state index contributed by atoms with van der Waals surface area (Å²) in [5, 5.41) is 8.89. The fourth-order valence-corrected chi connectivity index (χ4v) is 1.58. The maximum Gasteiger partial charge on any atom is 0.0638 e. The second-order valence-electron chi connectivity index (χ2n) is 3.36. The molecule has 1 aromatic carbocycles. The third-order valence-corrected chi connectivity index (χ3v) is 2.85. The van der Waals surface area contributed by atoms with Gasteiger partial charge in [0.25, 0.3) is 0 Å². The number of nitrogens with one attached hydrogen (secondary N) is 1. The minimum absolute atomic E-state index is 0.440. The van der Waals surface area contributed by atoms with E-state index in [0.29, 0.717) is 15.8 Å². The molecule has 0 saturated carbocycles. The molecule has 0 fully saturated rings. The molecule has 0 spiro atoms. The normalized spacial score (nSPS) is 10.1. The summed E-state index contributed by atoms with van der Waals surface area (Å²) in [5.41, 5.74) is 2.04. The Hall–Kier alpha value is -0.790. The van der Waals surface area contributed by atoms with Crippen molar-refractivity contribution in [1.82, 2.24) is 0 Å². The quantitative estimate of drug-likeness (QED) is 0.739. The zero-order chi connectivity index (χ0) is 11.4. The molecule has 0 amide bonds. The number of hydrogen-bond acceptors (Lipinski definition) is 1. The molecule has 0 saturated heterocycles. The van der Waals surface area contributed by atoms with E-state index in [1.807, 2.05) is 0 Å². The zero-order valence-corrected chi connectivity index (χ0v) is 10.1. The molecule has 1 aromatic rings. The second kappa shape index (κ2) is 5.34. The van der Waals surface area contributed by atoms with Gasteiger partial charge >= 0.3 is 0 Å². The maximum absolute atomic E-state index is 7.90. The van der Waals surface area contributed by atoms with Crippen LogP contribution in [0, 0.1) is 5.41 Å². The van der Waals surface area contributed by atoms with Gasteiger partial charge in [0, 0.05) is 5.56 Å². The van der Waals surface area contributed by atoms with Gasteiger partial charge in [0.15, 0.2) is 0 Å². The molecule has 0 bridgehead atoms. The third-order valence-electron chi connectivity index (χ3n) is 2.11. The van der Waals surface area contributed by atoms with E-state index in [2.05, 4.69) is 13.5 Å². The maximum atomic E-state index is 7.90. The molecule has 0 aliphatic carbocycles. The highest BCUT2D eigenvalue weighted by Gasteiger charge is 2.07. The first kappa shape index (κ1) is 12.3. The van der Waals surface area contributed by atoms with Crippen LogP contribution >= 0.6 is 23.2 Å². The number of allylic oxidation sites excluding steroid dienone is 1. The summed E-state index contributed by atoms with van der Waals surface area (Å²) >= 11 is 11.7. The van der Waals surface area contributed by atoms with Gasteiger partial charge in [-0.05, 0) is 24.1 Å². The molecule has 0 aliphatic heterocycles. The number of rotatable bonds is 4. The lowest BCUT2D eigenvalue weighted by Crippen LogP contribution is -2.02. The molecular formula is C12H13Cl2N. The van der Waals surface area contributed by atoms with Crippen LogP contribution in [0.4, 0.5) is 0 Å². The summed E-state index contributed by atoms with van der Waals surface area (Å²) in [6, 6.07) is 5.19. The number of hydrogen-bond donors (Lipinski definition) is 1. The molecule has 1 N–H and O–H groups in total. The van der Waals surface area contributed by atoms with Crippen LogP contribution in [0.1, 0.15) is 25.3 Å². The van der Waals surface area contributed by atoms with Crippen molar-refractivity contribution < 1.29 is 0 Å². The van der Waals surface area contributed by atoms with E-state index in [9.17, 15) is 0 Å². The first-order valence-electron chi connectivity index (χ1n) is 4.78. The predicted molar refractivity (Wildman–Crippen MR) is 67.3 cm³/mol. The van der Waals surface area contributed by atoms with Crippen LogP contribution in [-0.4, -0.2) is 5.71 Å². The third kappa shape index (κ3) is 3.08. The summed E-state index contributed by atoms with van der Waals surface area (Å²) in [4.78, 5) is 0. The Kier molecular flexibility index (Phi) is 4.37. The second-order valence-corrected chi connectivity index (χ2v) is 4.17. The Balaban J connectivity index is 2.92. The van der Waals surface area contributed by atoms with Crippen LogP contribution in [-0.2, 0) is 0 Å². The zero-order valence-electron chi connectivity index (χ0n) is 8.61. The molecule has 3 heteroatoms. The Morgan fingerprint density at radius 1 is 1.33 bits per heavy atom. The summed E-state index contributed by atoms with van der Waals surface area (Å²) in [6.07, 6.45) is 1.82. The summed E-state index contributed by atoms with van der Waals surface area (Å²) in [6.45, 7) is 5.94. The first-order chi connectivity index (χ1) is 7.06. The average molecular weight is 242 g/mol. The molecule has 15 heavy (non-hydrogen) atoms. The molecule has 80 valence electrons. The molecule has 0 radical (unpaired) electrons. The fourth-order valence-electron chi connectivity index (χ4n) is 1.28. The predicted octanol–water partition coefficient (Wildman–Crippen LogP) is 4.72. The minimum atomic E-state index is 0.440. The Morgan fingerprint density at radius 2 is 2.00 bits per heavy atom. The highest BCUT2D eigenvalue weighted by molar-refractivity contribution is 6.42. The van der Waals surface area contributed by atoms with Crippen molar-refractivity contribution in [2.75, 3.05) is 0 Å². The molecule has 0 aromatic heterocycles. The summed E-state index contributed by atoms with van der Waals surface area (Å²) < 4.78 is 0. The highest BCUT2D eigenvalue weighted by Crippen LogP contribution is 2.24. The molecule has 1 nitrogen and oxygen atoms in total. The lowest BCUT2D eigenvalue weighted by molar-refractivity contribution is 0.937. The van der Waals surface area contributed by atoms with Crippen molar-refractivity contribution >= 4 is 28.9 Å². The molecule has 0 atom stereocenters. The van der Waals surface area contributed by atoms with E-state index >= 15 is 0 Å². The highest BCUT2D eigenvalue weighted by atomic mass is 35.5. The van der Waals surface area contributed by atoms with Gasteiger partial charge in [-0.15, -0.1) is 0 Å². The van der Waals surface area contributed by atoms with Crippen LogP contribution in [0.5, 0.6) is 0 Å². The Morgan fingerprint density at radius 3 is 2.53 bits per heavy atom. The lowest BCUT2D eigenvalue weighted by Gasteiger charge is -2.07. The van der Waals surface area contributed by atoms with E-state index in [0.717, 1.165) is 24.0 Å². The van der Waals surface area contributed by atoms with Gasteiger partial charge in [-0.25, -0.2) is 0 Å². The molecule has 0 heterocycles. The fraction of sp³-hybridized carbons (Fsp3) is 0.250. The summed E-state index contributed by atoms with van der Waals surface area (Å²) in [5.74, 6) is 0. The van der Waals surface area contributed by atoms with Crippen LogP contribution in [0.25, 0.3) is 0 Å². The van der Waals surface area contributed by atoms with Crippen LogP contribution < -0.4 is 0 Å². The number of halogens is 2. The average Bonchev–Trinajstić information content (AvgIpc) is 2.21. The first-order valence-corrected chi connectivity index (χ1v) is 5.54. The van der Waals surface area contributed by atoms with Gasteiger partial charge in [-0.3, -0.25) is 0 Å². The van der Waals surface area contributed by atoms with Gasteiger partial charge in [0.2, 0.25) is 0 Å². The molecular weight excluding hydrogens is 229 g/mol. The van der Waals surface area contributed by atoms with Gasteiger partial charge in [-0.1, -0.05) is 49.2 Å². The van der Waals surface area contributed by atoms with E-state index in [-0.39, 0.29) is 0 Å². The summed E-state index contributed by atoms with van der Waals surface area (Å²) in [7, 11) is 0. The molecule has 1 rings (SSSR count). The van der Waals surface area contributed by atoms with Crippen molar-refractivity contribution in [2.24, 2.45) is 0 Å². The van der Waals surface area contributed by atoms with E-state index < -0.39 is 0 Å². The lowest BCUT2D eigenvalue weighted by atomic mass is 10.0. The monoisotopic (exact) mass is 241 g/mol.